The molecular weight excluding hydrogens is 126 g/mol. The Bertz CT molecular complexity index is 138. The Morgan fingerprint density at radius 3 is 2.10 bits per heavy atom. The van der Waals surface area contributed by atoms with Gasteiger partial charge in [0.15, 0.2) is 0 Å². The van der Waals surface area contributed by atoms with E-state index in [2.05, 4.69) is 0 Å². The normalized spacial score (nSPS) is 9.10. The number of hydrogen-bond donors (Lipinski definition) is 2. The number of hydrogen-bond acceptors (Lipinski definition) is 2. The Morgan fingerprint density at radius 2 is 1.80 bits per heavy atom. The summed E-state index contributed by atoms with van der Waals surface area (Å²) in [4.78, 5) is 1.73. The zero-order valence-electron chi connectivity index (χ0n) is 6.86. The summed E-state index contributed by atoms with van der Waals surface area (Å²) >= 11 is 0. The smallest absolute Gasteiger partial charge is 0.101 e. The Hall–Kier alpha value is -0.860. The molecule has 0 bridgehead atoms. The van der Waals surface area contributed by atoms with Crippen LogP contribution in [-0.4, -0.2) is 30.5 Å². The lowest BCUT2D eigenvalue weighted by molar-refractivity contribution is 0.608. The van der Waals surface area contributed by atoms with Gasteiger partial charge in [-0.15, -0.1) is 0 Å². The van der Waals surface area contributed by atoms with Gasteiger partial charge in [0, 0.05) is 26.2 Å². The third kappa shape index (κ3) is 3.22. The van der Waals surface area contributed by atoms with Crippen LogP contribution in [-0.2, 0) is 0 Å². The van der Waals surface area contributed by atoms with Gasteiger partial charge in [-0.3, -0.25) is 5.41 Å². The maximum Gasteiger partial charge on any atom is 0.101 e. The summed E-state index contributed by atoms with van der Waals surface area (Å²) in [5.74, 6) is 0.506. The van der Waals surface area contributed by atoms with Crippen molar-refractivity contribution in [2.45, 2.75) is 19.8 Å². The molecule has 0 atom stereocenters. The van der Waals surface area contributed by atoms with E-state index in [0.29, 0.717) is 18.0 Å². The molecule has 10 heavy (non-hydrogen) atoms. The molecule has 0 aliphatic heterocycles. The highest BCUT2D eigenvalue weighted by atomic mass is 15.1. The molecule has 3 nitrogen and oxygen atoms in total. The molecular formula is C7H15N3. The molecule has 0 saturated heterocycles. The fraction of sp³-hybridized carbons (Fsp3) is 0.714. The Kier molecular flexibility index (Phi) is 3.69. The van der Waals surface area contributed by atoms with Gasteiger partial charge in [-0.25, -0.2) is 0 Å². The lowest BCUT2D eigenvalue weighted by atomic mass is 10.2. The summed E-state index contributed by atoms with van der Waals surface area (Å²) in [6.45, 7) is 1.94. The quantitative estimate of drug-likeness (QED) is 0.452. The van der Waals surface area contributed by atoms with Crippen LogP contribution >= 0.6 is 0 Å². The van der Waals surface area contributed by atoms with Crippen LogP contribution in [0.5, 0.6) is 0 Å². The first kappa shape index (κ1) is 9.14. The van der Waals surface area contributed by atoms with Crippen molar-refractivity contribution in [2.24, 2.45) is 0 Å². The molecule has 0 radical (unpaired) electrons. The standard InChI is InChI=1S/C7H15N3/c1-4-6(8)5-7(9)10(2)3/h8-9H,4-5H2,1-3H3. The molecule has 0 saturated carbocycles. The predicted octanol–water partition coefficient (Wildman–Crippen LogP) is 1.35. The Balaban J connectivity index is 3.69. The van der Waals surface area contributed by atoms with E-state index in [1.54, 1.807) is 4.90 Å². The number of nitrogens with zero attached hydrogens (tertiary/aromatic N) is 1. The van der Waals surface area contributed by atoms with Gasteiger partial charge in [-0.2, -0.15) is 0 Å². The molecule has 0 aromatic rings. The minimum atomic E-state index is 0.490. The van der Waals surface area contributed by atoms with Crippen LogP contribution in [0.25, 0.3) is 0 Å². The highest BCUT2D eigenvalue weighted by molar-refractivity contribution is 6.00. The zero-order valence-corrected chi connectivity index (χ0v) is 6.86. The van der Waals surface area contributed by atoms with E-state index in [4.69, 9.17) is 10.8 Å². The molecule has 0 amide bonds. The van der Waals surface area contributed by atoms with Gasteiger partial charge in [0.2, 0.25) is 0 Å². The van der Waals surface area contributed by atoms with Crippen LogP contribution in [0.1, 0.15) is 19.8 Å². The van der Waals surface area contributed by atoms with E-state index >= 15 is 0 Å². The molecule has 3 heteroatoms. The summed E-state index contributed by atoms with van der Waals surface area (Å²) in [5, 5.41) is 14.7. The van der Waals surface area contributed by atoms with E-state index in [0.717, 1.165) is 6.42 Å². The first-order valence-electron chi connectivity index (χ1n) is 3.39. The molecule has 0 aliphatic carbocycles. The second-order valence-corrected chi connectivity index (χ2v) is 2.48. The fourth-order valence-corrected chi connectivity index (χ4v) is 0.485. The van der Waals surface area contributed by atoms with Crippen molar-refractivity contribution in [3.63, 3.8) is 0 Å². The van der Waals surface area contributed by atoms with Gasteiger partial charge in [0.25, 0.3) is 0 Å². The van der Waals surface area contributed by atoms with Crippen molar-refractivity contribution in [1.29, 1.82) is 10.8 Å². The van der Waals surface area contributed by atoms with Gasteiger partial charge < -0.3 is 10.3 Å². The maximum atomic E-state index is 7.36. The second kappa shape index (κ2) is 4.04. The van der Waals surface area contributed by atoms with Crippen LogP contribution in [0.3, 0.4) is 0 Å². The molecule has 0 fully saturated rings. The number of amidine groups is 1. The summed E-state index contributed by atoms with van der Waals surface area (Å²) < 4.78 is 0. The predicted molar refractivity (Wildman–Crippen MR) is 44.0 cm³/mol. The van der Waals surface area contributed by atoms with Crippen LogP contribution in [0, 0.1) is 10.8 Å². The summed E-state index contributed by atoms with van der Waals surface area (Å²) in [6.07, 6.45) is 1.24. The van der Waals surface area contributed by atoms with Gasteiger partial charge in [0.1, 0.15) is 5.84 Å². The van der Waals surface area contributed by atoms with Crippen LogP contribution < -0.4 is 0 Å². The average Bonchev–Trinajstić information content (AvgIpc) is 1.87. The minimum absolute atomic E-state index is 0.490. The van der Waals surface area contributed by atoms with Crippen LogP contribution in [0.2, 0.25) is 0 Å². The molecule has 0 heterocycles. The summed E-state index contributed by atoms with van der Waals surface area (Å²) in [6, 6.07) is 0. The number of rotatable bonds is 3. The van der Waals surface area contributed by atoms with E-state index in [1.165, 1.54) is 0 Å². The minimum Gasteiger partial charge on any atom is -0.366 e. The zero-order chi connectivity index (χ0) is 8.15. The van der Waals surface area contributed by atoms with Gasteiger partial charge >= 0.3 is 0 Å². The molecule has 0 aliphatic rings. The van der Waals surface area contributed by atoms with Crippen LogP contribution in [0.15, 0.2) is 0 Å². The first-order valence-corrected chi connectivity index (χ1v) is 3.39. The largest absolute Gasteiger partial charge is 0.366 e. The van der Waals surface area contributed by atoms with E-state index in [-0.39, 0.29) is 0 Å². The van der Waals surface area contributed by atoms with E-state index in [9.17, 15) is 0 Å². The van der Waals surface area contributed by atoms with Crippen molar-refractivity contribution in [2.75, 3.05) is 14.1 Å². The molecule has 0 aromatic carbocycles. The van der Waals surface area contributed by atoms with Gasteiger partial charge in [-0.1, -0.05) is 6.92 Å². The molecule has 0 spiro atoms. The van der Waals surface area contributed by atoms with Crippen molar-refractivity contribution in [3.8, 4) is 0 Å². The molecule has 58 valence electrons. The Labute approximate surface area is 62.1 Å². The topological polar surface area (TPSA) is 50.9 Å². The average molecular weight is 141 g/mol. The van der Waals surface area contributed by atoms with E-state index in [1.807, 2.05) is 21.0 Å². The monoisotopic (exact) mass is 141 g/mol. The molecule has 0 aromatic heterocycles. The molecule has 0 rings (SSSR count). The van der Waals surface area contributed by atoms with Crippen molar-refractivity contribution < 1.29 is 0 Å². The summed E-state index contributed by atoms with van der Waals surface area (Å²) in [5.41, 5.74) is 0.624. The number of nitrogens with one attached hydrogen (secondary N) is 2. The third-order valence-electron chi connectivity index (χ3n) is 1.35. The Morgan fingerprint density at radius 1 is 1.30 bits per heavy atom. The summed E-state index contributed by atoms with van der Waals surface area (Å²) in [7, 11) is 3.65. The van der Waals surface area contributed by atoms with Gasteiger partial charge in [0.05, 0.1) is 0 Å². The fourth-order valence-electron chi connectivity index (χ4n) is 0.485. The lowest BCUT2D eigenvalue weighted by Gasteiger charge is -2.12. The van der Waals surface area contributed by atoms with Crippen molar-refractivity contribution in [1.82, 2.24) is 4.90 Å². The highest BCUT2D eigenvalue weighted by Gasteiger charge is 2.00. The highest BCUT2D eigenvalue weighted by Crippen LogP contribution is 1.92. The molecule has 0 unspecified atom stereocenters. The SMILES string of the molecule is CCC(=N)CC(=N)N(C)C. The van der Waals surface area contributed by atoms with Crippen molar-refractivity contribution >= 4 is 11.5 Å². The van der Waals surface area contributed by atoms with E-state index < -0.39 is 0 Å². The molecule has 2 N–H and O–H groups in total. The lowest BCUT2D eigenvalue weighted by Crippen LogP contribution is -2.23. The van der Waals surface area contributed by atoms with Crippen molar-refractivity contribution in [3.05, 3.63) is 0 Å². The maximum absolute atomic E-state index is 7.36. The third-order valence-corrected chi connectivity index (χ3v) is 1.35. The van der Waals surface area contributed by atoms with Gasteiger partial charge in [-0.05, 0) is 6.42 Å². The first-order chi connectivity index (χ1) is 4.57. The van der Waals surface area contributed by atoms with Crippen LogP contribution in [0.4, 0.5) is 0 Å². The second-order valence-electron chi connectivity index (χ2n) is 2.48.